The third-order valence-electron chi connectivity index (χ3n) is 4.43. The van der Waals surface area contributed by atoms with Crippen LogP contribution < -0.4 is 14.8 Å². The number of methoxy groups -OCH3 is 1. The van der Waals surface area contributed by atoms with E-state index in [-0.39, 0.29) is 35.1 Å². The van der Waals surface area contributed by atoms with E-state index >= 15 is 0 Å². The minimum absolute atomic E-state index is 0.0239. The van der Waals surface area contributed by atoms with Crippen molar-refractivity contribution in [3.8, 4) is 17.2 Å². The Hall–Kier alpha value is -2.75. The number of carbonyl (C=O) groups excluding carboxylic acids is 1. The lowest BCUT2D eigenvalue weighted by Gasteiger charge is -2.15. The molecule has 0 saturated carbocycles. The molecule has 0 aromatic heterocycles. The highest BCUT2D eigenvalue weighted by atomic mass is 32.2. The summed E-state index contributed by atoms with van der Waals surface area (Å²) >= 11 is 0. The van der Waals surface area contributed by atoms with E-state index in [1.807, 2.05) is 0 Å². The highest BCUT2D eigenvalue weighted by Gasteiger charge is 2.33. The molecule has 0 aliphatic carbocycles. The third kappa shape index (κ3) is 5.20. The van der Waals surface area contributed by atoms with Gasteiger partial charge in [-0.2, -0.15) is 13.2 Å². The van der Waals surface area contributed by atoms with Gasteiger partial charge in [0.2, 0.25) is 5.91 Å². The number of nitrogens with one attached hydrogen (secondary N) is 1. The molecule has 1 aliphatic heterocycles. The number of hydrogen-bond donors (Lipinski definition) is 1. The molecule has 10 heteroatoms. The minimum atomic E-state index is -4.50. The van der Waals surface area contributed by atoms with E-state index in [1.165, 1.54) is 37.4 Å². The maximum atomic E-state index is 12.9. The van der Waals surface area contributed by atoms with Crippen LogP contribution in [0.15, 0.2) is 42.5 Å². The SMILES string of the molecule is COc1ccc(Oc2cccc(C(F)(F)F)c2)cc1NC(=O)C1CCS(=O)(=O)C1. The van der Waals surface area contributed by atoms with Crippen molar-refractivity contribution in [3.63, 3.8) is 0 Å². The smallest absolute Gasteiger partial charge is 0.416 e. The van der Waals surface area contributed by atoms with E-state index in [0.29, 0.717) is 5.75 Å². The van der Waals surface area contributed by atoms with Gasteiger partial charge in [-0.3, -0.25) is 4.79 Å². The predicted octanol–water partition coefficient (Wildman–Crippen LogP) is 3.88. The fourth-order valence-electron chi connectivity index (χ4n) is 2.96. The highest BCUT2D eigenvalue weighted by Crippen LogP contribution is 2.35. The quantitative estimate of drug-likeness (QED) is 0.780. The number of benzene rings is 2. The van der Waals surface area contributed by atoms with Gasteiger partial charge in [-0.15, -0.1) is 0 Å². The maximum absolute atomic E-state index is 12.9. The Bertz CT molecular complexity index is 1020. The molecular formula is C19H18F3NO5S. The Kier molecular flexibility index (Phi) is 5.74. The summed E-state index contributed by atoms with van der Waals surface area (Å²) in [7, 11) is -1.83. The van der Waals surface area contributed by atoms with Crippen LogP contribution in [0.3, 0.4) is 0 Å². The summed E-state index contributed by atoms with van der Waals surface area (Å²) in [5.41, 5.74) is -0.620. The Labute approximate surface area is 165 Å². The van der Waals surface area contributed by atoms with Crippen LogP contribution >= 0.6 is 0 Å². The first-order valence-electron chi connectivity index (χ1n) is 8.62. The zero-order valence-corrected chi connectivity index (χ0v) is 16.1. The van der Waals surface area contributed by atoms with Crippen molar-refractivity contribution in [2.45, 2.75) is 12.6 Å². The lowest BCUT2D eigenvalue weighted by atomic mass is 10.1. The summed E-state index contributed by atoms with van der Waals surface area (Å²) in [4.78, 5) is 12.4. The standard InChI is InChI=1S/C19H18F3NO5S/c1-27-17-6-5-15(28-14-4-2-3-13(9-14)19(20,21)22)10-16(17)23-18(24)12-7-8-29(25,26)11-12/h2-6,9-10,12H,7-8,11H2,1H3,(H,23,24). The number of alkyl halides is 3. The Morgan fingerprint density at radius 3 is 2.48 bits per heavy atom. The summed E-state index contributed by atoms with van der Waals surface area (Å²) in [6, 6.07) is 8.78. The average Bonchev–Trinajstić information content (AvgIpc) is 3.01. The molecule has 1 fully saturated rings. The van der Waals surface area contributed by atoms with Gasteiger partial charge >= 0.3 is 6.18 Å². The summed E-state index contributed by atoms with van der Waals surface area (Å²) in [5, 5.41) is 2.61. The molecule has 1 saturated heterocycles. The van der Waals surface area contributed by atoms with E-state index in [1.54, 1.807) is 0 Å². The fourth-order valence-corrected chi connectivity index (χ4v) is 4.70. The molecule has 1 atom stereocenters. The second-order valence-electron chi connectivity index (χ2n) is 6.58. The first-order valence-corrected chi connectivity index (χ1v) is 10.4. The van der Waals surface area contributed by atoms with E-state index in [4.69, 9.17) is 9.47 Å². The summed E-state index contributed by atoms with van der Waals surface area (Å²) < 4.78 is 72.4. The van der Waals surface area contributed by atoms with Crippen LogP contribution in [0.1, 0.15) is 12.0 Å². The van der Waals surface area contributed by atoms with Gasteiger partial charge in [0.15, 0.2) is 9.84 Å². The maximum Gasteiger partial charge on any atom is 0.416 e. The van der Waals surface area contributed by atoms with Gasteiger partial charge in [-0.1, -0.05) is 6.07 Å². The van der Waals surface area contributed by atoms with E-state index in [9.17, 15) is 26.4 Å². The van der Waals surface area contributed by atoms with Crippen LogP contribution in [-0.2, 0) is 20.8 Å². The number of hydrogen-bond acceptors (Lipinski definition) is 5. The molecule has 2 aromatic rings. The average molecular weight is 429 g/mol. The van der Waals surface area contributed by atoms with Crippen molar-refractivity contribution in [2.75, 3.05) is 23.9 Å². The molecule has 1 heterocycles. The van der Waals surface area contributed by atoms with E-state index in [0.717, 1.165) is 12.1 Å². The topological polar surface area (TPSA) is 81.7 Å². The van der Waals surface area contributed by atoms with E-state index in [2.05, 4.69) is 5.32 Å². The molecule has 1 unspecified atom stereocenters. The second kappa shape index (κ2) is 7.94. The first kappa shape index (κ1) is 21.0. The number of amides is 1. The van der Waals surface area contributed by atoms with Crippen molar-refractivity contribution >= 4 is 21.4 Å². The summed E-state index contributed by atoms with van der Waals surface area (Å²) in [5.74, 6) is -0.944. The van der Waals surface area contributed by atoms with Gasteiger partial charge in [0.05, 0.1) is 35.8 Å². The first-order chi connectivity index (χ1) is 13.6. The number of anilines is 1. The molecule has 1 amide bonds. The van der Waals surface area contributed by atoms with Gasteiger partial charge in [0, 0.05) is 6.07 Å². The fraction of sp³-hybridized carbons (Fsp3) is 0.316. The van der Waals surface area contributed by atoms with Crippen molar-refractivity contribution in [1.29, 1.82) is 0 Å². The number of rotatable bonds is 5. The largest absolute Gasteiger partial charge is 0.495 e. The summed E-state index contributed by atoms with van der Waals surface area (Å²) in [6.07, 6.45) is -4.27. The molecule has 2 aromatic carbocycles. The number of halogens is 3. The number of carbonyl (C=O) groups is 1. The van der Waals surface area contributed by atoms with Crippen molar-refractivity contribution in [3.05, 3.63) is 48.0 Å². The lowest BCUT2D eigenvalue weighted by Crippen LogP contribution is -2.24. The molecule has 156 valence electrons. The van der Waals surface area contributed by atoms with Gasteiger partial charge in [0.1, 0.15) is 17.2 Å². The number of ether oxygens (including phenoxy) is 2. The molecule has 3 rings (SSSR count). The van der Waals surface area contributed by atoms with Gasteiger partial charge in [-0.25, -0.2) is 8.42 Å². The minimum Gasteiger partial charge on any atom is -0.495 e. The van der Waals surface area contributed by atoms with Crippen LogP contribution in [0.2, 0.25) is 0 Å². The zero-order valence-electron chi connectivity index (χ0n) is 15.3. The molecule has 1 aliphatic rings. The normalized spacial score (nSPS) is 18.3. The molecular weight excluding hydrogens is 411 g/mol. The molecule has 1 N–H and O–H groups in total. The molecule has 0 radical (unpaired) electrons. The van der Waals surface area contributed by atoms with Gasteiger partial charge in [0.25, 0.3) is 0 Å². The van der Waals surface area contributed by atoms with Crippen LogP contribution in [-0.4, -0.2) is 32.9 Å². The lowest BCUT2D eigenvalue weighted by molar-refractivity contribution is -0.137. The van der Waals surface area contributed by atoms with Crippen LogP contribution in [0, 0.1) is 5.92 Å². The van der Waals surface area contributed by atoms with Crippen LogP contribution in [0.25, 0.3) is 0 Å². The molecule has 0 spiro atoms. The zero-order chi connectivity index (χ0) is 21.2. The predicted molar refractivity (Wildman–Crippen MR) is 99.9 cm³/mol. The van der Waals surface area contributed by atoms with Gasteiger partial charge in [-0.05, 0) is 36.8 Å². The Balaban J connectivity index is 1.80. The monoisotopic (exact) mass is 429 g/mol. The second-order valence-corrected chi connectivity index (χ2v) is 8.81. The van der Waals surface area contributed by atoms with Crippen LogP contribution in [0.4, 0.5) is 18.9 Å². The van der Waals surface area contributed by atoms with Crippen molar-refractivity contribution in [2.24, 2.45) is 5.92 Å². The molecule has 29 heavy (non-hydrogen) atoms. The summed E-state index contributed by atoms with van der Waals surface area (Å²) in [6.45, 7) is 0. The van der Waals surface area contributed by atoms with Gasteiger partial charge < -0.3 is 14.8 Å². The third-order valence-corrected chi connectivity index (χ3v) is 6.20. The van der Waals surface area contributed by atoms with Crippen molar-refractivity contribution in [1.82, 2.24) is 0 Å². The highest BCUT2D eigenvalue weighted by molar-refractivity contribution is 7.91. The van der Waals surface area contributed by atoms with Crippen LogP contribution in [0.5, 0.6) is 17.2 Å². The van der Waals surface area contributed by atoms with Crippen molar-refractivity contribution < 1.29 is 35.9 Å². The molecule has 6 nitrogen and oxygen atoms in total. The number of sulfone groups is 1. The Morgan fingerprint density at radius 1 is 1.14 bits per heavy atom. The molecule has 0 bridgehead atoms. The Morgan fingerprint density at radius 2 is 1.86 bits per heavy atom. The van der Waals surface area contributed by atoms with E-state index < -0.39 is 33.4 Å².